The number of esters is 2. The number of benzene rings is 6. The Bertz CT molecular complexity index is 2120. The largest absolute Gasteiger partial charge is 0.423 e. The Labute approximate surface area is 261 Å². The van der Waals surface area contributed by atoms with Gasteiger partial charge in [-0.1, -0.05) is 110 Å². The molecule has 0 heterocycles. The molecule has 0 fully saturated rings. The van der Waals surface area contributed by atoms with Gasteiger partial charge in [-0.3, -0.25) is 0 Å². The van der Waals surface area contributed by atoms with Crippen LogP contribution in [0.25, 0.3) is 32.7 Å². The Balaban J connectivity index is 1.55. The van der Waals surface area contributed by atoms with Crippen molar-refractivity contribution in [2.75, 3.05) is 0 Å². The molecule has 1 aliphatic rings. The van der Waals surface area contributed by atoms with Gasteiger partial charge < -0.3 is 9.47 Å². The van der Waals surface area contributed by atoms with Gasteiger partial charge >= 0.3 is 11.9 Å². The summed E-state index contributed by atoms with van der Waals surface area (Å²) < 4.78 is 11.2. The summed E-state index contributed by atoms with van der Waals surface area (Å²) in [6.07, 6.45) is 0. The third-order valence-corrected chi connectivity index (χ3v) is 8.60. The van der Waals surface area contributed by atoms with Gasteiger partial charge in [0.25, 0.3) is 0 Å². The zero-order valence-electron chi connectivity index (χ0n) is 25.1. The van der Waals surface area contributed by atoms with Gasteiger partial charge in [-0.05, 0) is 93.0 Å². The molecule has 0 bridgehead atoms. The first-order chi connectivity index (χ1) is 21.8. The monoisotopic (exact) mass is 586 g/mol. The van der Waals surface area contributed by atoms with Crippen molar-refractivity contribution in [3.63, 3.8) is 0 Å². The van der Waals surface area contributed by atoms with Crippen molar-refractivity contribution in [2.24, 2.45) is 0 Å². The molecule has 1 aliphatic carbocycles. The minimum absolute atomic E-state index is 0.333. The molecule has 6 aromatic rings. The summed E-state index contributed by atoms with van der Waals surface area (Å²) in [5.74, 6) is -0.0459. The average molecular weight is 587 g/mol. The molecule has 0 saturated carbocycles. The highest BCUT2D eigenvalue weighted by molar-refractivity contribution is 6.08. The van der Waals surface area contributed by atoms with Crippen molar-refractivity contribution in [3.05, 3.63) is 168 Å². The molecule has 6 aromatic carbocycles. The van der Waals surface area contributed by atoms with Crippen molar-refractivity contribution in [2.45, 2.75) is 19.3 Å². The maximum absolute atomic E-state index is 12.3. The van der Waals surface area contributed by atoms with E-state index in [0.29, 0.717) is 22.6 Å². The molecule has 0 atom stereocenters. The standard InChI is InChI=1S/C41H30O4/c1-25(2)39(42)44-31-19-15-29(16-20-31)41(30-17-21-32(22-18-30)45-40(43)26(3)4)36-24-14-27-9-5-7-11-33(27)37(36)35-23-13-28-10-6-8-12-34(28)38(35)41/h5-24H,1,3H2,2,4H3. The molecule has 0 aromatic heterocycles. The molecule has 0 N–H and O–H groups in total. The van der Waals surface area contributed by atoms with E-state index in [4.69, 9.17) is 9.47 Å². The van der Waals surface area contributed by atoms with Crippen LogP contribution in [0.2, 0.25) is 0 Å². The van der Waals surface area contributed by atoms with E-state index < -0.39 is 17.4 Å². The second kappa shape index (κ2) is 10.8. The molecule has 7 rings (SSSR count). The Morgan fingerprint density at radius 1 is 0.556 bits per heavy atom. The minimum atomic E-state index is -0.747. The molecule has 0 unspecified atom stereocenters. The highest BCUT2D eigenvalue weighted by Crippen LogP contribution is 2.59. The Kier molecular flexibility index (Phi) is 6.71. The maximum Gasteiger partial charge on any atom is 0.338 e. The molecule has 0 saturated heterocycles. The van der Waals surface area contributed by atoms with E-state index in [9.17, 15) is 9.59 Å². The van der Waals surface area contributed by atoms with E-state index in [0.717, 1.165) is 38.4 Å². The van der Waals surface area contributed by atoms with E-state index in [-0.39, 0.29) is 0 Å². The fourth-order valence-electron chi connectivity index (χ4n) is 6.59. The summed E-state index contributed by atoms with van der Waals surface area (Å²) in [5.41, 5.74) is 6.60. The van der Waals surface area contributed by atoms with Gasteiger partial charge in [0.2, 0.25) is 0 Å². The predicted molar refractivity (Wildman–Crippen MR) is 180 cm³/mol. The van der Waals surface area contributed by atoms with E-state index >= 15 is 0 Å². The first-order valence-corrected chi connectivity index (χ1v) is 14.8. The molecule has 218 valence electrons. The maximum atomic E-state index is 12.3. The molecule has 0 aliphatic heterocycles. The van der Waals surface area contributed by atoms with Crippen LogP contribution in [-0.2, 0) is 15.0 Å². The first kappa shape index (κ1) is 28.1. The van der Waals surface area contributed by atoms with E-state index in [1.54, 1.807) is 13.8 Å². The van der Waals surface area contributed by atoms with E-state index in [2.05, 4.69) is 86.0 Å². The van der Waals surface area contributed by atoms with Crippen LogP contribution in [0, 0.1) is 0 Å². The zero-order chi connectivity index (χ0) is 31.3. The highest BCUT2D eigenvalue weighted by Gasteiger charge is 2.47. The van der Waals surface area contributed by atoms with Gasteiger partial charge in [0.15, 0.2) is 0 Å². The third-order valence-electron chi connectivity index (χ3n) is 8.60. The molecule has 0 amide bonds. The Morgan fingerprint density at radius 2 is 1.02 bits per heavy atom. The summed E-state index contributed by atoms with van der Waals surface area (Å²) in [6, 6.07) is 41.3. The number of hydrogen-bond acceptors (Lipinski definition) is 4. The minimum Gasteiger partial charge on any atom is -0.423 e. The summed E-state index contributed by atoms with van der Waals surface area (Å²) in [4.78, 5) is 24.6. The van der Waals surface area contributed by atoms with Gasteiger partial charge in [-0.15, -0.1) is 0 Å². The lowest BCUT2D eigenvalue weighted by atomic mass is 9.66. The SMILES string of the molecule is C=C(C)C(=O)Oc1ccc(C2(c3ccc(OC(=O)C(=C)C)cc3)c3ccc4ccccc4c3-c3ccc4ccccc4c32)cc1. The average Bonchev–Trinajstić information content (AvgIpc) is 3.37. The lowest BCUT2D eigenvalue weighted by molar-refractivity contribution is -0.130. The molecular weight excluding hydrogens is 556 g/mol. The summed E-state index contributed by atoms with van der Waals surface area (Å²) in [5, 5.41) is 4.62. The summed E-state index contributed by atoms with van der Waals surface area (Å²) in [6.45, 7) is 10.7. The lowest BCUT2D eigenvalue weighted by Crippen LogP contribution is -2.29. The van der Waals surface area contributed by atoms with Crippen molar-refractivity contribution in [1.82, 2.24) is 0 Å². The quantitative estimate of drug-likeness (QED) is 0.111. The van der Waals surface area contributed by atoms with E-state index in [1.165, 1.54) is 16.5 Å². The number of carbonyl (C=O) groups is 2. The van der Waals surface area contributed by atoms with Crippen LogP contribution >= 0.6 is 0 Å². The second-order valence-corrected chi connectivity index (χ2v) is 11.6. The number of fused-ring (bicyclic) bond motifs is 7. The van der Waals surface area contributed by atoms with Gasteiger partial charge in [0, 0.05) is 11.1 Å². The topological polar surface area (TPSA) is 52.6 Å². The van der Waals surface area contributed by atoms with E-state index in [1.807, 2.05) is 48.5 Å². The fourth-order valence-corrected chi connectivity index (χ4v) is 6.59. The summed E-state index contributed by atoms with van der Waals surface area (Å²) >= 11 is 0. The van der Waals surface area contributed by atoms with Crippen LogP contribution in [0.4, 0.5) is 0 Å². The normalized spacial score (nSPS) is 12.8. The van der Waals surface area contributed by atoms with Gasteiger partial charge in [0.05, 0.1) is 5.41 Å². The number of rotatable bonds is 6. The first-order valence-electron chi connectivity index (χ1n) is 14.8. The molecule has 45 heavy (non-hydrogen) atoms. The molecular formula is C41H30O4. The fraction of sp³-hybridized carbons (Fsp3) is 0.0732. The smallest absolute Gasteiger partial charge is 0.338 e. The molecule has 0 radical (unpaired) electrons. The molecule has 4 heteroatoms. The van der Waals surface area contributed by atoms with Crippen LogP contribution in [0.5, 0.6) is 11.5 Å². The van der Waals surface area contributed by atoms with Crippen LogP contribution < -0.4 is 9.47 Å². The Morgan fingerprint density at radius 3 is 1.56 bits per heavy atom. The van der Waals surface area contributed by atoms with Crippen LogP contribution in [0.15, 0.2) is 146 Å². The van der Waals surface area contributed by atoms with Crippen molar-refractivity contribution in [1.29, 1.82) is 0 Å². The van der Waals surface area contributed by atoms with Crippen LogP contribution in [0.1, 0.15) is 36.1 Å². The molecule has 4 nitrogen and oxygen atoms in total. The van der Waals surface area contributed by atoms with Crippen molar-refractivity contribution >= 4 is 33.5 Å². The highest BCUT2D eigenvalue weighted by atomic mass is 16.5. The number of ether oxygens (including phenoxy) is 2. The third kappa shape index (κ3) is 4.46. The predicted octanol–water partition coefficient (Wildman–Crippen LogP) is 9.32. The number of carbonyl (C=O) groups excluding carboxylic acids is 2. The molecule has 0 spiro atoms. The second-order valence-electron chi connectivity index (χ2n) is 11.6. The van der Waals surface area contributed by atoms with Crippen molar-refractivity contribution < 1.29 is 19.1 Å². The number of hydrogen-bond donors (Lipinski definition) is 0. The van der Waals surface area contributed by atoms with Gasteiger partial charge in [0.1, 0.15) is 11.5 Å². The van der Waals surface area contributed by atoms with Crippen molar-refractivity contribution in [3.8, 4) is 22.6 Å². The Hall–Kier alpha value is -5.74. The van der Waals surface area contributed by atoms with Gasteiger partial charge in [-0.2, -0.15) is 0 Å². The van der Waals surface area contributed by atoms with Gasteiger partial charge in [-0.25, -0.2) is 9.59 Å². The summed E-state index contributed by atoms with van der Waals surface area (Å²) in [7, 11) is 0. The van der Waals surface area contributed by atoms with Crippen LogP contribution in [0.3, 0.4) is 0 Å². The zero-order valence-corrected chi connectivity index (χ0v) is 25.1. The van der Waals surface area contributed by atoms with Crippen LogP contribution in [-0.4, -0.2) is 11.9 Å². The lowest BCUT2D eigenvalue weighted by Gasteiger charge is -2.35.